The average Bonchev–Trinajstić information content (AvgIpc) is 3.31. The highest BCUT2D eigenvalue weighted by Gasteiger charge is 2.35. The normalized spacial score (nSPS) is 14.8. The van der Waals surface area contributed by atoms with Crippen LogP contribution in [0.2, 0.25) is 0 Å². The summed E-state index contributed by atoms with van der Waals surface area (Å²) >= 11 is 0. The van der Waals surface area contributed by atoms with E-state index < -0.39 is 17.8 Å². The topological polar surface area (TPSA) is 105 Å². The van der Waals surface area contributed by atoms with Crippen LogP contribution in [0.4, 0.5) is 0 Å². The summed E-state index contributed by atoms with van der Waals surface area (Å²) in [4.78, 5) is 38.3. The number of carbonyl (C=O) groups is 3. The van der Waals surface area contributed by atoms with Crippen LogP contribution in [0.3, 0.4) is 0 Å². The number of hydrogen-bond acceptors (Lipinski definition) is 6. The highest BCUT2D eigenvalue weighted by Crippen LogP contribution is 2.31. The molecule has 0 spiro atoms. The van der Waals surface area contributed by atoms with Crippen LogP contribution < -0.4 is 0 Å². The monoisotopic (exact) mass is 480 g/mol. The third-order valence-corrected chi connectivity index (χ3v) is 5.77. The molecule has 0 fully saturated rings. The molecule has 0 atom stereocenters. The van der Waals surface area contributed by atoms with Crippen molar-refractivity contribution in [3.8, 4) is 23.0 Å². The first-order chi connectivity index (χ1) is 17.4. The van der Waals surface area contributed by atoms with E-state index in [0.29, 0.717) is 16.8 Å². The zero-order valence-electron chi connectivity index (χ0n) is 20.0. The minimum absolute atomic E-state index is 0.0234. The van der Waals surface area contributed by atoms with Crippen LogP contribution >= 0.6 is 0 Å². The van der Waals surface area contributed by atoms with E-state index in [0.717, 1.165) is 16.2 Å². The van der Waals surface area contributed by atoms with Crippen molar-refractivity contribution in [3.63, 3.8) is 0 Å². The number of rotatable bonds is 7. The van der Waals surface area contributed by atoms with E-state index in [1.54, 1.807) is 17.7 Å². The summed E-state index contributed by atoms with van der Waals surface area (Å²) in [5, 5.41) is 14.4. The second-order valence-corrected chi connectivity index (χ2v) is 8.20. The number of nitriles is 1. The van der Waals surface area contributed by atoms with Gasteiger partial charge in [0.05, 0.1) is 18.0 Å². The number of ether oxygens (including phenoxy) is 1. The number of esters is 1. The van der Waals surface area contributed by atoms with Crippen molar-refractivity contribution in [2.45, 2.75) is 20.3 Å². The highest BCUT2D eigenvalue weighted by molar-refractivity contribution is 6.19. The molecule has 2 heterocycles. The Morgan fingerprint density at radius 2 is 1.72 bits per heavy atom. The van der Waals surface area contributed by atoms with Gasteiger partial charge < -0.3 is 4.74 Å². The van der Waals surface area contributed by atoms with Crippen LogP contribution in [0.25, 0.3) is 23.0 Å². The van der Waals surface area contributed by atoms with Crippen LogP contribution in [0, 0.1) is 11.3 Å². The number of para-hydroxylation sites is 1. The maximum atomic E-state index is 13.4. The minimum Gasteiger partial charge on any atom is -0.466 e. The first-order valence-electron chi connectivity index (χ1n) is 11.4. The van der Waals surface area contributed by atoms with Crippen molar-refractivity contribution < 1.29 is 19.1 Å². The summed E-state index contributed by atoms with van der Waals surface area (Å²) in [6, 6.07) is 21.1. The van der Waals surface area contributed by atoms with Crippen molar-refractivity contribution >= 4 is 23.9 Å². The smallest absolute Gasteiger partial charge is 0.302 e. The Balaban J connectivity index is 1.78. The molecule has 1 aliphatic heterocycles. The van der Waals surface area contributed by atoms with Gasteiger partial charge >= 0.3 is 5.97 Å². The predicted octanol–water partition coefficient (Wildman–Crippen LogP) is 4.08. The maximum absolute atomic E-state index is 13.4. The van der Waals surface area contributed by atoms with Crippen molar-refractivity contribution in [1.82, 2.24) is 14.7 Å². The van der Waals surface area contributed by atoms with Crippen molar-refractivity contribution in [2.75, 3.05) is 13.2 Å². The fourth-order valence-electron chi connectivity index (χ4n) is 3.95. The van der Waals surface area contributed by atoms with Crippen molar-refractivity contribution in [3.05, 3.63) is 89.1 Å². The lowest BCUT2D eigenvalue weighted by atomic mass is 9.93. The van der Waals surface area contributed by atoms with Gasteiger partial charge in [0.15, 0.2) is 0 Å². The Hall–Kier alpha value is -4.77. The van der Waals surface area contributed by atoms with Gasteiger partial charge in [-0.25, -0.2) is 4.68 Å². The van der Waals surface area contributed by atoms with E-state index in [-0.39, 0.29) is 30.7 Å². The first kappa shape index (κ1) is 24.4. The molecule has 0 N–H and O–H groups in total. The molecule has 0 saturated carbocycles. The molecule has 36 heavy (non-hydrogen) atoms. The molecule has 0 radical (unpaired) electrons. The Morgan fingerprint density at radius 3 is 2.36 bits per heavy atom. The van der Waals surface area contributed by atoms with E-state index in [1.807, 2.05) is 72.9 Å². The number of imide groups is 1. The zero-order valence-corrected chi connectivity index (χ0v) is 20.0. The number of amides is 2. The number of carbonyl (C=O) groups excluding carboxylic acids is 3. The first-order valence-corrected chi connectivity index (χ1v) is 11.4. The summed E-state index contributed by atoms with van der Waals surface area (Å²) in [5.41, 5.74) is 3.49. The molecule has 0 saturated heterocycles. The summed E-state index contributed by atoms with van der Waals surface area (Å²) < 4.78 is 6.65. The predicted molar refractivity (Wildman–Crippen MR) is 133 cm³/mol. The average molecular weight is 481 g/mol. The van der Waals surface area contributed by atoms with Crippen molar-refractivity contribution in [2.24, 2.45) is 0 Å². The van der Waals surface area contributed by atoms with Gasteiger partial charge in [-0.15, -0.1) is 0 Å². The maximum Gasteiger partial charge on any atom is 0.302 e. The van der Waals surface area contributed by atoms with Crippen LogP contribution in [-0.4, -0.2) is 45.6 Å². The van der Waals surface area contributed by atoms with Crippen LogP contribution in [-0.2, 0) is 19.1 Å². The molecule has 8 heteroatoms. The van der Waals surface area contributed by atoms with E-state index in [4.69, 9.17) is 9.84 Å². The molecule has 3 aromatic rings. The molecule has 2 aromatic carbocycles. The molecule has 0 unspecified atom stereocenters. The molecular weight excluding hydrogens is 456 g/mol. The molecule has 1 aliphatic rings. The number of nitrogens with zero attached hydrogens (tertiary/aromatic N) is 4. The standard InChI is InChI=1S/C28H24N4O4/c1-19-24(27(34)31(28(35)25(19)17-29)14-9-15-36-20(2)33)16-22-18-32(23-12-7-4-8-13-23)30-26(22)21-10-5-3-6-11-21/h3-8,10-13,16,18H,9,14-15H2,1-2H3/b24-16-. The molecule has 1 aromatic heterocycles. The van der Waals surface area contributed by atoms with Gasteiger partial charge in [-0.1, -0.05) is 48.5 Å². The molecule has 8 nitrogen and oxygen atoms in total. The van der Waals surface area contributed by atoms with E-state index in [9.17, 15) is 19.6 Å². The Labute approximate surface area is 208 Å². The van der Waals surface area contributed by atoms with E-state index >= 15 is 0 Å². The zero-order chi connectivity index (χ0) is 25.7. The quantitative estimate of drug-likeness (QED) is 0.218. The fourth-order valence-corrected chi connectivity index (χ4v) is 3.95. The second kappa shape index (κ2) is 10.7. The van der Waals surface area contributed by atoms with Gasteiger partial charge in [-0.3, -0.25) is 19.3 Å². The molecule has 0 aliphatic carbocycles. The van der Waals surface area contributed by atoms with Crippen molar-refractivity contribution in [1.29, 1.82) is 5.26 Å². The number of benzene rings is 2. The molecule has 2 amide bonds. The van der Waals surface area contributed by atoms with Crippen LogP contribution in [0.15, 0.2) is 83.6 Å². The van der Waals surface area contributed by atoms with Gasteiger partial charge in [-0.05, 0) is 37.1 Å². The summed E-state index contributed by atoms with van der Waals surface area (Å²) in [6.45, 7) is 2.98. The second-order valence-electron chi connectivity index (χ2n) is 8.20. The Morgan fingerprint density at radius 1 is 1.06 bits per heavy atom. The largest absolute Gasteiger partial charge is 0.466 e. The SMILES string of the molecule is CC(=O)OCCCN1C(=O)C(C#N)=C(C)/C(=C/c2cn(-c3ccccc3)nc2-c2ccccc2)C1=O. The lowest BCUT2D eigenvalue weighted by Crippen LogP contribution is -2.43. The minimum atomic E-state index is -0.650. The Bertz CT molecular complexity index is 1410. The lowest BCUT2D eigenvalue weighted by molar-refractivity contribution is -0.141. The van der Waals surface area contributed by atoms with Gasteiger partial charge in [0.25, 0.3) is 11.8 Å². The molecular formula is C28H24N4O4. The molecule has 180 valence electrons. The number of hydrogen-bond donors (Lipinski definition) is 0. The number of aromatic nitrogens is 2. The molecule has 4 rings (SSSR count). The van der Waals surface area contributed by atoms with Crippen LogP contribution in [0.5, 0.6) is 0 Å². The lowest BCUT2D eigenvalue weighted by Gasteiger charge is -2.27. The fraction of sp³-hybridized carbons (Fsp3) is 0.179. The van der Waals surface area contributed by atoms with Gasteiger partial charge in [-0.2, -0.15) is 10.4 Å². The van der Waals surface area contributed by atoms with E-state index in [2.05, 4.69) is 0 Å². The molecule has 0 bridgehead atoms. The summed E-state index contributed by atoms with van der Waals surface area (Å²) in [5.74, 6) is -1.60. The highest BCUT2D eigenvalue weighted by atomic mass is 16.5. The van der Waals surface area contributed by atoms with Gasteiger partial charge in [0, 0.05) is 36.4 Å². The third-order valence-electron chi connectivity index (χ3n) is 5.77. The van der Waals surface area contributed by atoms with Crippen LogP contribution in [0.1, 0.15) is 25.8 Å². The summed E-state index contributed by atoms with van der Waals surface area (Å²) in [6.07, 6.45) is 3.76. The van der Waals surface area contributed by atoms with Gasteiger partial charge in [0.2, 0.25) is 0 Å². The van der Waals surface area contributed by atoms with E-state index in [1.165, 1.54) is 6.92 Å². The summed E-state index contributed by atoms with van der Waals surface area (Å²) in [7, 11) is 0. The Kier molecular flexibility index (Phi) is 7.21. The third kappa shape index (κ3) is 5.00. The van der Waals surface area contributed by atoms with Gasteiger partial charge in [0.1, 0.15) is 11.6 Å².